The Morgan fingerprint density at radius 1 is 1.40 bits per heavy atom. The number of carbonyl (C=O) groups is 1. The van der Waals surface area contributed by atoms with E-state index in [4.69, 9.17) is 0 Å². The molecular weight excluding hydrogens is 270 g/mol. The van der Waals surface area contributed by atoms with E-state index in [1.165, 1.54) is 4.88 Å². The van der Waals surface area contributed by atoms with Crippen LogP contribution in [-0.2, 0) is 0 Å². The van der Waals surface area contributed by atoms with E-state index in [1.54, 1.807) is 23.7 Å². The summed E-state index contributed by atoms with van der Waals surface area (Å²) >= 11 is 1.66. The predicted octanol–water partition coefficient (Wildman–Crippen LogP) is 3.46. The molecule has 1 amide bonds. The highest BCUT2D eigenvalue weighted by Crippen LogP contribution is 2.23. The zero-order valence-corrected chi connectivity index (χ0v) is 12.5. The third-order valence-corrected chi connectivity index (χ3v) is 4.02. The first kappa shape index (κ1) is 14.5. The molecule has 0 radical (unpaired) electrons. The Morgan fingerprint density at radius 3 is 2.90 bits per heavy atom. The number of hydrogen-bond acceptors (Lipinski definition) is 4. The van der Waals surface area contributed by atoms with Crippen molar-refractivity contribution >= 4 is 22.9 Å². The van der Waals surface area contributed by atoms with Crippen molar-refractivity contribution in [2.75, 3.05) is 11.9 Å². The quantitative estimate of drug-likeness (QED) is 0.856. The summed E-state index contributed by atoms with van der Waals surface area (Å²) in [5, 5.41) is 8.29. The van der Waals surface area contributed by atoms with Crippen LogP contribution < -0.4 is 10.6 Å². The maximum atomic E-state index is 12.4. The van der Waals surface area contributed by atoms with E-state index in [9.17, 15) is 4.79 Å². The summed E-state index contributed by atoms with van der Waals surface area (Å²) < 4.78 is 0. The Morgan fingerprint density at radius 2 is 2.25 bits per heavy atom. The number of amides is 1. The van der Waals surface area contributed by atoms with Crippen molar-refractivity contribution in [1.82, 2.24) is 10.3 Å². The van der Waals surface area contributed by atoms with Crippen LogP contribution in [0.3, 0.4) is 0 Å². The Balaban J connectivity index is 2.15. The molecule has 1 atom stereocenters. The summed E-state index contributed by atoms with van der Waals surface area (Å²) in [7, 11) is 0. The van der Waals surface area contributed by atoms with Gasteiger partial charge in [0.25, 0.3) is 5.91 Å². The van der Waals surface area contributed by atoms with Crippen LogP contribution in [0.5, 0.6) is 0 Å². The number of thiophene rings is 1. The van der Waals surface area contributed by atoms with Gasteiger partial charge in [0.2, 0.25) is 0 Å². The molecule has 2 aromatic heterocycles. The average Bonchev–Trinajstić information content (AvgIpc) is 2.99. The van der Waals surface area contributed by atoms with Gasteiger partial charge in [-0.05, 0) is 30.9 Å². The van der Waals surface area contributed by atoms with E-state index in [-0.39, 0.29) is 11.9 Å². The molecule has 2 rings (SSSR count). The molecule has 0 aromatic carbocycles. The molecule has 0 fully saturated rings. The molecular formula is C15H19N3OS. The monoisotopic (exact) mass is 289 g/mol. The maximum Gasteiger partial charge on any atom is 0.255 e. The van der Waals surface area contributed by atoms with Gasteiger partial charge >= 0.3 is 0 Å². The van der Waals surface area contributed by atoms with Crippen molar-refractivity contribution in [2.45, 2.75) is 26.3 Å². The highest BCUT2D eigenvalue weighted by Gasteiger charge is 2.17. The Kier molecular flexibility index (Phi) is 5.12. The van der Waals surface area contributed by atoms with Crippen molar-refractivity contribution in [3.63, 3.8) is 0 Å². The van der Waals surface area contributed by atoms with Gasteiger partial charge in [0, 0.05) is 23.8 Å². The first-order chi connectivity index (χ1) is 9.76. The normalized spacial score (nSPS) is 11.9. The fraction of sp³-hybridized carbons (Fsp3) is 0.333. The second kappa shape index (κ2) is 7.05. The number of nitrogens with one attached hydrogen (secondary N) is 2. The van der Waals surface area contributed by atoms with Gasteiger partial charge in [-0.2, -0.15) is 0 Å². The number of rotatable bonds is 6. The molecule has 0 aliphatic carbocycles. The van der Waals surface area contributed by atoms with Gasteiger partial charge in [0.1, 0.15) is 0 Å². The van der Waals surface area contributed by atoms with E-state index in [1.807, 2.05) is 30.5 Å². The summed E-state index contributed by atoms with van der Waals surface area (Å²) in [5.41, 5.74) is 1.41. The van der Waals surface area contributed by atoms with E-state index in [0.29, 0.717) is 5.56 Å². The van der Waals surface area contributed by atoms with E-state index < -0.39 is 0 Å². The van der Waals surface area contributed by atoms with Crippen LogP contribution in [0.4, 0.5) is 5.69 Å². The summed E-state index contributed by atoms with van der Waals surface area (Å²) in [6.45, 7) is 4.84. The summed E-state index contributed by atoms with van der Waals surface area (Å²) in [4.78, 5) is 17.6. The standard InChI is InChI=1S/C15H19N3OS/c1-3-12(14-6-5-9-20-14)18-15(19)11-10-16-8-7-13(11)17-4-2/h5-10,12H,3-4H2,1-2H3,(H,16,17)(H,18,19). The van der Waals surface area contributed by atoms with Crippen molar-refractivity contribution in [1.29, 1.82) is 0 Å². The second-order valence-electron chi connectivity index (χ2n) is 4.40. The van der Waals surface area contributed by atoms with E-state index in [2.05, 4.69) is 22.5 Å². The molecule has 0 saturated heterocycles. The highest BCUT2D eigenvalue weighted by atomic mass is 32.1. The minimum Gasteiger partial charge on any atom is -0.385 e. The lowest BCUT2D eigenvalue weighted by atomic mass is 10.1. The Bertz CT molecular complexity index is 554. The van der Waals surface area contributed by atoms with Gasteiger partial charge in [-0.1, -0.05) is 13.0 Å². The van der Waals surface area contributed by atoms with Crippen LogP contribution in [0.2, 0.25) is 0 Å². The molecule has 0 aliphatic rings. The summed E-state index contributed by atoms with van der Waals surface area (Å²) in [5.74, 6) is -0.0886. The molecule has 20 heavy (non-hydrogen) atoms. The molecule has 5 heteroatoms. The van der Waals surface area contributed by atoms with Crippen LogP contribution in [-0.4, -0.2) is 17.4 Å². The lowest BCUT2D eigenvalue weighted by Gasteiger charge is -2.17. The van der Waals surface area contributed by atoms with E-state index >= 15 is 0 Å². The molecule has 2 heterocycles. The number of nitrogens with zero attached hydrogens (tertiary/aromatic N) is 1. The van der Waals surface area contributed by atoms with Crippen LogP contribution in [0.15, 0.2) is 36.0 Å². The van der Waals surface area contributed by atoms with Gasteiger partial charge < -0.3 is 10.6 Å². The lowest BCUT2D eigenvalue weighted by molar-refractivity contribution is 0.0936. The minimum atomic E-state index is -0.0886. The van der Waals surface area contributed by atoms with Gasteiger partial charge in [-0.15, -0.1) is 11.3 Å². The molecule has 2 N–H and O–H groups in total. The topological polar surface area (TPSA) is 54.0 Å². The summed E-state index contributed by atoms with van der Waals surface area (Å²) in [6.07, 6.45) is 4.16. The molecule has 0 saturated carbocycles. The third kappa shape index (κ3) is 3.36. The van der Waals surface area contributed by atoms with Crippen LogP contribution in [0.25, 0.3) is 0 Å². The van der Waals surface area contributed by atoms with Crippen LogP contribution >= 0.6 is 11.3 Å². The molecule has 4 nitrogen and oxygen atoms in total. The summed E-state index contributed by atoms with van der Waals surface area (Å²) in [6, 6.07) is 5.93. The fourth-order valence-electron chi connectivity index (χ4n) is 2.02. The number of hydrogen-bond donors (Lipinski definition) is 2. The Hall–Kier alpha value is -1.88. The maximum absolute atomic E-state index is 12.4. The first-order valence-corrected chi connectivity index (χ1v) is 7.66. The number of pyridine rings is 1. The van der Waals surface area contributed by atoms with Crippen molar-refractivity contribution in [2.24, 2.45) is 0 Å². The molecule has 2 aromatic rings. The Labute approximate surface area is 123 Å². The van der Waals surface area contributed by atoms with Crippen LogP contribution in [0.1, 0.15) is 41.5 Å². The number of aromatic nitrogens is 1. The highest BCUT2D eigenvalue weighted by molar-refractivity contribution is 7.10. The largest absolute Gasteiger partial charge is 0.385 e. The zero-order chi connectivity index (χ0) is 14.4. The SMILES string of the molecule is CCNc1ccncc1C(=O)NC(CC)c1cccs1. The third-order valence-electron chi connectivity index (χ3n) is 3.03. The number of carbonyl (C=O) groups excluding carboxylic acids is 1. The molecule has 0 aliphatic heterocycles. The zero-order valence-electron chi connectivity index (χ0n) is 11.7. The van der Waals surface area contributed by atoms with Gasteiger partial charge in [-0.25, -0.2) is 0 Å². The van der Waals surface area contributed by atoms with Gasteiger partial charge in [-0.3, -0.25) is 9.78 Å². The van der Waals surface area contributed by atoms with E-state index in [0.717, 1.165) is 18.7 Å². The smallest absolute Gasteiger partial charge is 0.255 e. The van der Waals surface area contributed by atoms with Crippen molar-refractivity contribution < 1.29 is 4.79 Å². The lowest BCUT2D eigenvalue weighted by Crippen LogP contribution is -2.28. The van der Waals surface area contributed by atoms with Crippen LogP contribution in [0, 0.1) is 0 Å². The fourth-order valence-corrected chi connectivity index (χ4v) is 2.88. The van der Waals surface area contributed by atoms with Gasteiger partial charge in [0.05, 0.1) is 17.3 Å². The molecule has 106 valence electrons. The second-order valence-corrected chi connectivity index (χ2v) is 5.38. The van der Waals surface area contributed by atoms with Crippen molar-refractivity contribution in [3.05, 3.63) is 46.4 Å². The minimum absolute atomic E-state index is 0.0529. The van der Waals surface area contributed by atoms with Gasteiger partial charge in [0.15, 0.2) is 0 Å². The molecule has 0 spiro atoms. The first-order valence-electron chi connectivity index (χ1n) is 6.78. The predicted molar refractivity (Wildman–Crippen MR) is 83.2 cm³/mol. The number of anilines is 1. The average molecular weight is 289 g/mol. The molecule has 0 bridgehead atoms. The molecule has 1 unspecified atom stereocenters. The van der Waals surface area contributed by atoms with Crippen molar-refractivity contribution in [3.8, 4) is 0 Å².